The van der Waals surface area contributed by atoms with Crippen LogP contribution in [0.5, 0.6) is 5.75 Å². The highest BCUT2D eigenvalue weighted by molar-refractivity contribution is 5.81. The number of ether oxygens (including phenoxy) is 1. The quantitative estimate of drug-likeness (QED) is 0.107. The summed E-state index contributed by atoms with van der Waals surface area (Å²) in [6.07, 6.45) is 30.5. The second-order valence-corrected chi connectivity index (χ2v) is 11.3. The van der Waals surface area contributed by atoms with Crippen molar-refractivity contribution in [1.82, 2.24) is 10.6 Å². The van der Waals surface area contributed by atoms with E-state index in [4.69, 9.17) is 4.74 Å². The monoisotopic (exact) mass is 576 g/mol. The maximum atomic E-state index is 12.6. The van der Waals surface area contributed by atoms with Crippen molar-refractivity contribution in [3.8, 4) is 5.75 Å². The standard InChI is InChI=1S/C37H56N2O3/c1-6-7-8-9-10-11-12-13-14-15-16-17-18-19-20-21-22-24-35(40)38-28-29-39-36(41)37(4,5)27-23-30-42-34-31-32(2)25-26-33(34)3/h7-8,10-11,13-14,16-17,19-20,25-26,31H,6,9,12,15,18,21-24,27-30H2,1-5H3,(H,38,40)(H,39,41). The first kappa shape index (κ1) is 36.7. The number of hydrogen-bond acceptors (Lipinski definition) is 3. The van der Waals surface area contributed by atoms with Gasteiger partial charge in [0.25, 0.3) is 0 Å². The highest BCUT2D eigenvalue weighted by atomic mass is 16.5. The molecule has 42 heavy (non-hydrogen) atoms. The van der Waals surface area contributed by atoms with Gasteiger partial charge >= 0.3 is 0 Å². The topological polar surface area (TPSA) is 67.4 Å². The summed E-state index contributed by atoms with van der Waals surface area (Å²) >= 11 is 0. The number of allylic oxidation sites excluding steroid dienone is 10. The van der Waals surface area contributed by atoms with Crippen molar-refractivity contribution < 1.29 is 14.3 Å². The molecule has 0 atom stereocenters. The lowest BCUT2D eigenvalue weighted by Crippen LogP contribution is -2.41. The van der Waals surface area contributed by atoms with Gasteiger partial charge in [0.15, 0.2) is 0 Å². The maximum absolute atomic E-state index is 12.6. The highest BCUT2D eigenvalue weighted by Crippen LogP contribution is 2.24. The number of unbranched alkanes of at least 4 members (excludes halogenated alkanes) is 1. The second kappa shape index (κ2) is 23.2. The Bertz CT molecular complexity index is 1050. The summed E-state index contributed by atoms with van der Waals surface area (Å²) in [4.78, 5) is 24.7. The molecule has 0 radical (unpaired) electrons. The van der Waals surface area contributed by atoms with E-state index < -0.39 is 5.41 Å². The lowest BCUT2D eigenvalue weighted by atomic mass is 9.87. The molecule has 0 aliphatic rings. The van der Waals surface area contributed by atoms with E-state index in [0.717, 1.165) is 69.1 Å². The van der Waals surface area contributed by atoms with Crippen molar-refractivity contribution >= 4 is 11.8 Å². The van der Waals surface area contributed by atoms with E-state index in [1.54, 1.807) is 0 Å². The summed E-state index contributed by atoms with van der Waals surface area (Å²) in [6, 6.07) is 6.19. The summed E-state index contributed by atoms with van der Waals surface area (Å²) in [5.74, 6) is 0.937. The number of carbonyl (C=O) groups is 2. The third kappa shape index (κ3) is 18.9. The van der Waals surface area contributed by atoms with Crippen molar-refractivity contribution in [3.05, 3.63) is 90.1 Å². The minimum Gasteiger partial charge on any atom is -0.493 e. The van der Waals surface area contributed by atoms with Crippen molar-refractivity contribution in [2.24, 2.45) is 5.41 Å². The van der Waals surface area contributed by atoms with Gasteiger partial charge in [0, 0.05) is 24.9 Å². The molecular formula is C37H56N2O3. The molecule has 0 saturated heterocycles. The number of aryl methyl sites for hydroxylation is 2. The van der Waals surface area contributed by atoms with Crippen molar-refractivity contribution in [1.29, 1.82) is 0 Å². The van der Waals surface area contributed by atoms with Crippen LogP contribution in [0.3, 0.4) is 0 Å². The van der Waals surface area contributed by atoms with Crippen LogP contribution in [-0.2, 0) is 9.59 Å². The second-order valence-electron chi connectivity index (χ2n) is 11.3. The fourth-order valence-electron chi connectivity index (χ4n) is 4.13. The SMILES string of the molecule is CCC=CCC=CCC=CCC=CCC=CCCCC(=O)NCCNC(=O)C(C)(C)CCCOc1cc(C)ccc1C. The average Bonchev–Trinajstić information content (AvgIpc) is 2.96. The van der Waals surface area contributed by atoms with Crippen LogP contribution >= 0.6 is 0 Å². The number of benzene rings is 1. The lowest BCUT2D eigenvalue weighted by molar-refractivity contribution is -0.130. The van der Waals surface area contributed by atoms with Gasteiger partial charge in [-0.05, 0) is 88.8 Å². The minimum atomic E-state index is -0.490. The molecule has 0 fully saturated rings. The molecule has 0 aliphatic heterocycles. The zero-order chi connectivity index (χ0) is 30.9. The van der Waals surface area contributed by atoms with Gasteiger partial charge in [-0.1, -0.05) is 93.7 Å². The molecule has 2 amide bonds. The van der Waals surface area contributed by atoms with Crippen molar-refractivity contribution in [3.63, 3.8) is 0 Å². The van der Waals surface area contributed by atoms with Gasteiger partial charge in [-0.15, -0.1) is 0 Å². The van der Waals surface area contributed by atoms with Gasteiger partial charge in [-0.2, -0.15) is 0 Å². The molecule has 0 bridgehead atoms. The number of hydrogen-bond donors (Lipinski definition) is 2. The van der Waals surface area contributed by atoms with Crippen LogP contribution in [0.1, 0.15) is 96.1 Å². The predicted molar refractivity (Wildman–Crippen MR) is 179 cm³/mol. The fraction of sp³-hybridized carbons (Fsp3) is 0.514. The molecule has 1 aromatic rings. The van der Waals surface area contributed by atoms with Crippen molar-refractivity contribution in [2.45, 2.75) is 98.8 Å². The van der Waals surface area contributed by atoms with Crippen LogP contribution in [0.2, 0.25) is 0 Å². The third-order valence-corrected chi connectivity index (χ3v) is 6.83. The Morgan fingerprint density at radius 3 is 1.98 bits per heavy atom. The molecule has 0 saturated carbocycles. The van der Waals surface area contributed by atoms with Crippen molar-refractivity contribution in [2.75, 3.05) is 19.7 Å². The summed E-state index contributed by atoms with van der Waals surface area (Å²) in [5.41, 5.74) is 1.80. The van der Waals surface area contributed by atoms with E-state index in [1.165, 1.54) is 5.56 Å². The Hall–Kier alpha value is -3.34. The fourth-order valence-corrected chi connectivity index (χ4v) is 4.13. The molecule has 0 unspecified atom stereocenters. The van der Waals surface area contributed by atoms with E-state index in [2.05, 4.69) is 97.4 Å². The largest absolute Gasteiger partial charge is 0.493 e. The van der Waals surface area contributed by atoms with Gasteiger partial charge in [-0.3, -0.25) is 9.59 Å². The first-order chi connectivity index (χ1) is 20.3. The molecule has 0 aliphatic carbocycles. The third-order valence-electron chi connectivity index (χ3n) is 6.83. The smallest absolute Gasteiger partial charge is 0.225 e. The minimum absolute atomic E-state index is 0.00174. The summed E-state index contributed by atoms with van der Waals surface area (Å²) < 4.78 is 5.92. The first-order valence-electron chi connectivity index (χ1n) is 15.8. The number of rotatable bonds is 22. The molecule has 5 heteroatoms. The molecule has 0 spiro atoms. The molecule has 2 N–H and O–H groups in total. The normalized spacial score (nSPS) is 12.4. The van der Waals surface area contributed by atoms with Crippen LogP contribution in [0.25, 0.3) is 0 Å². The zero-order valence-corrected chi connectivity index (χ0v) is 26.9. The number of carbonyl (C=O) groups excluding carboxylic acids is 2. The van der Waals surface area contributed by atoms with E-state index in [0.29, 0.717) is 26.1 Å². The van der Waals surface area contributed by atoms with Crippen LogP contribution in [-0.4, -0.2) is 31.5 Å². The Balaban J connectivity index is 2.05. The molecule has 1 aromatic carbocycles. The van der Waals surface area contributed by atoms with Crippen LogP contribution in [0, 0.1) is 19.3 Å². The van der Waals surface area contributed by atoms with E-state index >= 15 is 0 Å². The Kier molecular flexibility index (Phi) is 20.3. The van der Waals surface area contributed by atoms with Gasteiger partial charge < -0.3 is 15.4 Å². The molecule has 1 rings (SSSR count). The van der Waals surface area contributed by atoms with Gasteiger partial charge in [0.2, 0.25) is 11.8 Å². The highest BCUT2D eigenvalue weighted by Gasteiger charge is 2.26. The molecule has 232 valence electrons. The van der Waals surface area contributed by atoms with Crippen LogP contribution in [0.4, 0.5) is 0 Å². The van der Waals surface area contributed by atoms with Crippen LogP contribution in [0.15, 0.2) is 79.0 Å². The Labute approximate surface area is 256 Å². The van der Waals surface area contributed by atoms with E-state index in [-0.39, 0.29) is 11.8 Å². The van der Waals surface area contributed by atoms with Gasteiger partial charge in [-0.25, -0.2) is 0 Å². The number of amides is 2. The van der Waals surface area contributed by atoms with Gasteiger partial charge in [0.1, 0.15) is 5.75 Å². The van der Waals surface area contributed by atoms with Crippen LogP contribution < -0.4 is 15.4 Å². The zero-order valence-electron chi connectivity index (χ0n) is 26.9. The molecular weight excluding hydrogens is 520 g/mol. The lowest BCUT2D eigenvalue weighted by Gasteiger charge is -2.23. The van der Waals surface area contributed by atoms with Gasteiger partial charge in [0.05, 0.1) is 6.61 Å². The first-order valence-corrected chi connectivity index (χ1v) is 15.8. The Morgan fingerprint density at radius 2 is 1.36 bits per heavy atom. The molecule has 0 heterocycles. The summed E-state index contributed by atoms with van der Waals surface area (Å²) in [7, 11) is 0. The maximum Gasteiger partial charge on any atom is 0.225 e. The average molecular weight is 577 g/mol. The Morgan fingerprint density at radius 1 is 0.786 bits per heavy atom. The van der Waals surface area contributed by atoms with E-state index in [9.17, 15) is 9.59 Å². The molecule has 5 nitrogen and oxygen atoms in total. The number of nitrogens with one attached hydrogen (secondary N) is 2. The predicted octanol–water partition coefficient (Wildman–Crippen LogP) is 8.64. The summed E-state index contributed by atoms with van der Waals surface area (Å²) in [5, 5.41) is 5.86. The van der Waals surface area contributed by atoms with E-state index in [1.807, 2.05) is 26.8 Å². The molecule has 0 aromatic heterocycles. The summed E-state index contributed by atoms with van der Waals surface area (Å²) in [6.45, 7) is 11.6.